The number of anilines is 1. The van der Waals surface area contributed by atoms with Crippen LogP contribution in [-0.2, 0) is 6.54 Å². The second-order valence-corrected chi connectivity index (χ2v) is 5.31. The van der Waals surface area contributed by atoms with E-state index in [9.17, 15) is 0 Å². The van der Waals surface area contributed by atoms with Crippen LogP contribution < -0.4 is 10.6 Å². The summed E-state index contributed by atoms with van der Waals surface area (Å²) in [5, 5.41) is 13.9. The van der Waals surface area contributed by atoms with Crippen molar-refractivity contribution in [3.05, 3.63) is 27.2 Å². The van der Waals surface area contributed by atoms with Crippen LogP contribution in [0, 0.1) is 0 Å². The molecule has 0 saturated carbocycles. The van der Waals surface area contributed by atoms with Gasteiger partial charge in [-0.3, -0.25) is 0 Å². The highest BCUT2D eigenvalue weighted by Gasteiger charge is 2.11. The fraction of sp³-hybridized carbons (Fsp3) is 0.400. The van der Waals surface area contributed by atoms with Gasteiger partial charge in [0.1, 0.15) is 0 Å². The van der Waals surface area contributed by atoms with E-state index in [2.05, 4.69) is 20.8 Å². The summed E-state index contributed by atoms with van der Waals surface area (Å²) < 4.78 is 6.22. The first kappa shape index (κ1) is 12.3. The zero-order chi connectivity index (χ0) is 12.3. The largest absolute Gasteiger partial charge is 0.406 e. The lowest BCUT2D eigenvalue weighted by molar-refractivity contribution is 0.441. The molecule has 0 bridgehead atoms. The highest BCUT2D eigenvalue weighted by atomic mass is 35.5. The van der Waals surface area contributed by atoms with Crippen molar-refractivity contribution < 1.29 is 4.42 Å². The molecule has 2 aromatic rings. The Morgan fingerprint density at radius 1 is 1.47 bits per heavy atom. The van der Waals surface area contributed by atoms with Gasteiger partial charge in [-0.1, -0.05) is 16.7 Å². The maximum absolute atomic E-state index is 5.84. The minimum absolute atomic E-state index is 0.0502. The molecule has 2 heterocycles. The molecule has 0 spiro atoms. The smallest absolute Gasteiger partial charge is 0.315 e. The Kier molecular flexibility index (Phi) is 3.98. The topological polar surface area (TPSA) is 63.0 Å². The minimum atomic E-state index is 0.0502. The maximum Gasteiger partial charge on any atom is 0.315 e. The molecule has 1 atom stereocenters. The molecule has 0 aliphatic heterocycles. The average molecular weight is 273 g/mol. The van der Waals surface area contributed by atoms with E-state index in [-0.39, 0.29) is 6.04 Å². The summed E-state index contributed by atoms with van der Waals surface area (Å²) in [6.07, 6.45) is 0. The Morgan fingerprint density at radius 3 is 2.94 bits per heavy atom. The monoisotopic (exact) mass is 272 g/mol. The van der Waals surface area contributed by atoms with E-state index in [4.69, 9.17) is 16.0 Å². The molecule has 2 N–H and O–H groups in total. The summed E-state index contributed by atoms with van der Waals surface area (Å²) in [5.74, 6) is 0.569. The van der Waals surface area contributed by atoms with Crippen molar-refractivity contribution in [3.8, 4) is 0 Å². The van der Waals surface area contributed by atoms with E-state index < -0.39 is 0 Å². The van der Waals surface area contributed by atoms with Gasteiger partial charge < -0.3 is 15.1 Å². The molecule has 2 rings (SSSR count). The van der Waals surface area contributed by atoms with Crippen molar-refractivity contribution in [2.45, 2.75) is 19.5 Å². The van der Waals surface area contributed by atoms with Crippen molar-refractivity contribution in [3.63, 3.8) is 0 Å². The summed E-state index contributed by atoms with van der Waals surface area (Å²) >= 11 is 7.36. The van der Waals surface area contributed by atoms with Crippen molar-refractivity contribution >= 4 is 29.0 Å². The van der Waals surface area contributed by atoms with Gasteiger partial charge in [0.2, 0.25) is 5.89 Å². The van der Waals surface area contributed by atoms with Crippen LogP contribution in [-0.4, -0.2) is 17.2 Å². The number of thiophene rings is 1. The molecule has 5 nitrogen and oxygen atoms in total. The fourth-order valence-electron chi connectivity index (χ4n) is 1.21. The normalized spacial score (nSPS) is 12.6. The van der Waals surface area contributed by atoms with Gasteiger partial charge in [0.15, 0.2) is 0 Å². The Bertz CT molecular complexity index is 484. The van der Waals surface area contributed by atoms with Crippen LogP contribution in [0.2, 0.25) is 4.34 Å². The summed E-state index contributed by atoms with van der Waals surface area (Å²) in [7, 11) is 1.84. The van der Waals surface area contributed by atoms with Gasteiger partial charge in [-0.2, -0.15) is 0 Å². The van der Waals surface area contributed by atoms with Gasteiger partial charge in [-0.05, 0) is 26.1 Å². The Labute approximate surface area is 108 Å². The van der Waals surface area contributed by atoms with Crippen LogP contribution in [0.1, 0.15) is 23.7 Å². The third-order valence-electron chi connectivity index (χ3n) is 2.29. The van der Waals surface area contributed by atoms with E-state index in [1.165, 1.54) is 11.3 Å². The second kappa shape index (κ2) is 5.48. The van der Waals surface area contributed by atoms with E-state index >= 15 is 0 Å². The molecular weight excluding hydrogens is 260 g/mol. The fourth-order valence-corrected chi connectivity index (χ4v) is 2.24. The van der Waals surface area contributed by atoms with Gasteiger partial charge in [-0.15, -0.1) is 16.4 Å². The lowest BCUT2D eigenvalue weighted by atomic mass is 10.3. The molecule has 0 saturated heterocycles. The number of aromatic nitrogens is 2. The molecule has 1 unspecified atom stereocenters. The Hall–Kier alpha value is -1.11. The van der Waals surface area contributed by atoms with E-state index in [1.54, 1.807) is 0 Å². The molecule has 17 heavy (non-hydrogen) atoms. The number of halogens is 1. The zero-order valence-corrected chi connectivity index (χ0v) is 11.1. The van der Waals surface area contributed by atoms with Gasteiger partial charge >= 0.3 is 6.01 Å². The van der Waals surface area contributed by atoms with E-state index in [0.717, 1.165) is 9.21 Å². The van der Waals surface area contributed by atoms with Gasteiger partial charge in [-0.25, -0.2) is 0 Å². The van der Waals surface area contributed by atoms with Crippen LogP contribution in [0.15, 0.2) is 16.5 Å². The minimum Gasteiger partial charge on any atom is -0.406 e. The summed E-state index contributed by atoms with van der Waals surface area (Å²) in [5.41, 5.74) is 0. The van der Waals surface area contributed by atoms with Crippen LogP contribution in [0.4, 0.5) is 6.01 Å². The second-order valence-electron chi connectivity index (χ2n) is 3.52. The van der Waals surface area contributed by atoms with Gasteiger partial charge in [0, 0.05) is 4.88 Å². The molecule has 7 heteroatoms. The maximum atomic E-state index is 5.84. The number of nitrogens with one attached hydrogen (secondary N) is 2. The third kappa shape index (κ3) is 3.18. The molecule has 0 aromatic carbocycles. The summed E-state index contributed by atoms with van der Waals surface area (Å²) in [6, 6.07) is 4.31. The average Bonchev–Trinajstić information content (AvgIpc) is 2.94. The van der Waals surface area contributed by atoms with Crippen molar-refractivity contribution in [2.75, 3.05) is 12.4 Å². The van der Waals surface area contributed by atoms with Crippen molar-refractivity contribution in [2.24, 2.45) is 0 Å². The van der Waals surface area contributed by atoms with Crippen LogP contribution in [0.5, 0.6) is 0 Å². The Balaban J connectivity index is 1.93. The molecule has 0 aliphatic rings. The number of hydrogen-bond acceptors (Lipinski definition) is 6. The molecule has 0 amide bonds. The number of nitrogens with zero attached hydrogens (tertiary/aromatic N) is 2. The quantitative estimate of drug-likeness (QED) is 0.876. The van der Waals surface area contributed by atoms with Crippen molar-refractivity contribution in [1.29, 1.82) is 0 Å². The lowest BCUT2D eigenvalue weighted by Gasteiger charge is -2.02. The lowest BCUT2D eigenvalue weighted by Crippen LogP contribution is -2.12. The summed E-state index contributed by atoms with van der Waals surface area (Å²) in [4.78, 5) is 1.12. The Morgan fingerprint density at radius 2 is 2.29 bits per heavy atom. The predicted octanol–water partition coefficient (Wildman–Crippen LogP) is 2.68. The van der Waals surface area contributed by atoms with Crippen molar-refractivity contribution in [1.82, 2.24) is 15.5 Å². The third-order valence-corrected chi connectivity index (χ3v) is 3.52. The summed E-state index contributed by atoms with van der Waals surface area (Å²) in [6.45, 7) is 2.59. The first-order valence-electron chi connectivity index (χ1n) is 5.18. The standard InChI is InChI=1S/C10H13ClN4OS/c1-6(12-2)9-14-15-10(16-9)13-5-7-3-4-8(11)17-7/h3-4,6,12H,5H2,1-2H3,(H,13,15). The highest BCUT2D eigenvalue weighted by molar-refractivity contribution is 7.16. The molecule has 0 radical (unpaired) electrons. The molecule has 92 valence electrons. The van der Waals surface area contributed by atoms with Crippen LogP contribution in [0.25, 0.3) is 0 Å². The molecule has 0 fully saturated rings. The highest BCUT2D eigenvalue weighted by Crippen LogP contribution is 2.22. The first-order valence-corrected chi connectivity index (χ1v) is 6.37. The number of hydrogen-bond donors (Lipinski definition) is 2. The van der Waals surface area contributed by atoms with Crippen LogP contribution in [0.3, 0.4) is 0 Å². The van der Waals surface area contributed by atoms with Gasteiger partial charge in [0.25, 0.3) is 0 Å². The first-order chi connectivity index (χ1) is 8.19. The number of rotatable bonds is 5. The SMILES string of the molecule is CNC(C)c1nnc(NCc2ccc(Cl)s2)o1. The zero-order valence-electron chi connectivity index (χ0n) is 9.53. The van der Waals surface area contributed by atoms with Gasteiger partial charge in [0.05, 0.1) is 16.9 Å². The predicted molar refractivity (Wildman–Crippen MR) is 68.4 cm³/mol. The molecular formula is C10H13ClN4OS. The molecule has 2 aromatic heterocycles. The van der Waals surface area contributed by atoms with E-state index in [1.807, 2.05) is 26.1 Å². The molecule has 0 aliphatic carbocycles. The van der Waals surface area contributed by atoms with Crippen LogP contribution >= 0.6 is 22.9 Å². The van der Waals surface area contributed by atoms with E-state index in [0.29, 0.717) is 18.5 Å².